The minimum atomic E-state index is 0.515. The van der Waals surface area contributed by atoms with Gasteiger partial charge in [0.15, 0.2) is 11.5 Å². The molecule has 0 spiro atoms. The lowest BCUT2D eigenvalue weighted by Gasteiger charge is -2.41. The van der Waals surface area contributed by atoms with Gasteiger partial charge >= 0.3 is 0 Å². The molecule has 1 aromatic rings. The van der Waals surface area contributed by atoms with E-state index >= 15 is 0 Å². The number of methoxy groups -OCH3 is 3. The Morgan fingerprint density at radius 2 is 1.75 bits per heavy atom. The van der Waals surface area contributed by atoms with Crippen LogP contribution in [0.5, 0.6) is 17.2 Å². The molecule has 4 heteroatoms. The molecule has 108 valence electrons. The number of benzene rings is 1. The van der Waals surface area contributed by atoms with Crippen molar-refractivity contribution in [2.24, 2.45) is 11.8 Å². The zero-order valence-corrected chi connectivity index (χ0v) is 12.2. The maximum Gasteiger partial charge on any atom is 0.203 e. The van der Waals surface area contributed by atoms with Crippen LogP contribution in [0.15, 0.2) is 24.3 Å². The second-order valence-corrected chi connectivity index (χ2v) is 5.40. The fraction of sp³-hybridized carbons (Fsp3) is 0.500. The van der Waals surface area contributed by atoms with E-state index in [4.69, 9.17) is 14.2 Å². The van der Waals surface area contributed by atoms with Crippen molar-refractivity contribution in [2.75, 3.05) is 26.6 Å². The summed E-state index contributed by atoms with van der Waals surface area (Å²) in [7, 11) is 4.90. The molecular weight excluding hydrogens is 254 g/mol. The minimum absolute atomic E-state index is 0.515. The molecule has 1 N–H and O–H groups in total. The Morgan fingerprint density at radius 3 is 2.30 bits per heavy atom. The molecular formula is C16H21NO3. The number of rotatable bonds is 5. The quantitative estimate of drug-likeness (QED) is 0.838. The SMILES string of the molecule is COc1cc(NC2CC3CC=CC32)cc(OC)c1OC. The summed E-state index contributed by atoms with van der Waals surface area (Å²) in [6.07, 6.45) is 7.10. The lowest BCUT2D eigenvalue weighted by atomic mass is 9.71. The van der Waals surface area contributed by atoms with Crippen molar-refractivity contribution in [1.82, 2.24) is 0 Å². The van der Waals surface area contributed by atoms with Crippen LogP contribution in [0.1, 0.15) is 12.8 Å². The normalized spacial score (nSPS) is 26.6. The molecule has 0 radical (unpaired) electrons. The summed E-state index contributed by atoms with van der Waals surface area (Å²) in [6.45, 7) is 0. The van der Waals surface area contributed by atoms with Crippen LogP contribution >= 0.6 is 0 Å². The van der Waals surface area contributed by atoms with E-state index in [-0.39, 0.29) is 0 Å². The molecule has 2 aliphatic rings. The fourth-order valence-electron chi connectivity index (χ4n) is 3.26. The van der Waals surface area contributed by atoms with Gasteiger partial charge in [-0.3, -0.25) is 0 Å². The Kier molecular flexibility index (Phi) is 3.47. The van der Waals surface area contributed by atoms with Gasteiger partial charge in [-0.2, -0.15) is 0 Å². The lowest BCUT2D eigenvalue weighted by molar-refractivity contribution is 0.218. The number of hydrogen-bond donors (Lipinski definition) is 1. The topological polar surface area (TPSA) is 39.7 Å². The Balaban J connectivity index is 1.81. The number of ether oxygens (including phenoxy) is 3. The van der Waals surface area contributed by atoms with Crippen LogP contribution in [0.3, 0.4) is 0 Å². The molecule has 1 saturated carbocycles. The summed E-state index contributed by atoms with van der Waals surface area (Å²) in [5.74, 6) is 3.52. The van der Waals surface area contributed by atoms with E-state index in [2.05, 4.69) is 17.5 Å². The Morgan fingerprint density at radius 1 is 1.05 bits per heavy atom. The molecule has 0 saturated heterocycles. The summed E-state index contributed by atoms with van der Waals surface area (Å²) in [5.41, 5.74) is 1.02. The molecule has 0 bridgehead atoms. The lowest BCUT2D eigenvalue weighted by Crippen LogP contribution is -2.43. The zero-order chi connectivity index (χ0) is 14.1. The van der Waals surface area contributed by atoms with Gasteiger partial charge in [-0.15, -0.1) is 0 Å². The molecule has 3 unspecified atom stereocenters. The highest BCUT2D eigenvalue weighted by Crippen LogP contribution is 2.46. The third kappa shape index (κ3) is 2.09. The predicted octanol–water partition coefficient (Wildman–Crippen LogP) is 3.09. The Bertz CT molecular complexity index is 501. The number of anilines is 1. The second kappa shape index (κ2) is 5.27. The summed E-state index contributed by atoms with van der Waals surface area (Å²) >= 11 is 0. The molecule has 4 nitrogen and oxygen atoms in total. The average molecular weight is 275 g/mol. The summed E-state index contributed by atoms with van der Waals surface area (Å²) in [4.78, 5) is 0. The van der Waals surface area contributed by atoms with Crippen molar-refractivity contribution in [3.05, 3.63) is 24.3 Å². The third-order valence-corrected chi connectivity index (χ3v) is 4.38. The average Bonchev–Trinajstić information content (AvgIpc) is 2.84. The van der Waals surface area contributed by atoms with Gasteiger partial charge in [-0.25, -0.2) is 0 Å². The molecule has 0 heterocycles. The highest BCUT2D eigenvalue weighted by Gasteiger charge is 2.41. The van der Waals surface area contributed by atoms with Crippen LogP contribution in [0.4, 0.5) is 5.69 Å². The van der Waals surface area contributed by atoms with Crippen molar-refractivity contribution >= 4 is 5.69 Å². The first-order valence-corrected chi connectivity index (χ1v) is 7.00. The van der Waals surface area contributed by atoms with E-state index in [0.29, 0.717) is 29.2 Å². The van der Waals surface area contributed by atoms with Crippen molar-refractivity contribution in [3.8, 4) is 17.2 Å². The standard InChI is InChI=1S/C16H21NO3/c1-18-14-8-11(9-15(19-2)16(14)20-3)17-13-7-10-5-4-6-12(10)13/h4,6,8-10,12-13,17H,5,7H2,1-3H3. The maximum atomic E-state index is 5.38. The first-order valence-electron chi connectivity index (χ1n) is 7.00. The molecule has 1 aromatic carbocycles. The molecule has 0 amide bonds. The van der Waals surface area contributed by atoms with Gasteiger partial charge in [0, 0.05) is 29.8 Å². The van der Waals surface area contributed by atoms with Gasteiger partial charge in [-0.05, 0) is 18.8 Å². The summed E-state index contributed by atoms with van der Waals surface area (Å²) in [5, 5.41) is 3.58. The second-order valence-electron chi connectivity index (χ2n) is 5.40. The highest BCUT2D eigenvalue weighted by atomic mass is 16.5. The van der Waals surface area contributed by atoms with Crippen LogP contribution in [0.2, 0.25) is 0 Å². The first-order chi connectivity index (χ1) is 9.76. The van der Waals surface area contributed by atoms with Gasteiger partial charge in [0.05, 0.1) is 21.3 Å². The smallest absolute Gasteiger partial charge is 0.203 e. The van der Waals surface area contributed by atoms with E-state index in [0.717, 1.165) is 11.6 Å². The largest absolute Gasteiger partial charge is 0.493 e. The van der Waals surface area contributed by atoms with E-state index in [1.165, 1.54) is 12.8 Å². The predicted molar refractivity (Wildman–Crippen MR) is 78.9 cm³/mol. The molecule has 3 rings (SSSR count). The first kappa shape index (κ1) is 13.2. The van der Waals surface area contributed by atoms with Crippen LogP contribution in [-0.2, 0) is 0 Å². The van der Waals surface area contributed by atoms with Crippen LogP contribution in [0, 0.1) is 11.8 Å². The number of hydrogen-bond acceptors (Lipinski definition) is 4. The van der Waals surface area contributed by atoms with Gasteiger partial charge in [0.2, 0.25) is 5.75 Å². The van der Waals surface area contributed by atoms with E-state index < -0.39 is 0 Å². The monoisotopic (exact) mass is 275 g/mol. The molecule has 20 heavy (non-hydrogen) atoms. The highest BCUT2D eigenvalue weighted by molar-refractivity contribution is 5.63. The van der Waals surface area contributed by atoms with Gasteiger partial charge in [-0.1, -0.05) is 12.2 Å². The van der Waals surface area contributed by atoms with Crippen molar-refractivity contribution in [1.29, 1.82) is 0 Å². The molecule has 3 atom stereocenters. The number of allylic oxidation sites excluding steroid dienone is 1. The fourth-order valence-corrected chi connectivity index (χ4v) is 3.26. The van der Waals surface area contributed by atoms with Gasteiger partial charge < -0.3 is 19.5 Å². The Hall–Kier alpha value is -1.84. The van der Waals surface area contributed by atoms with Crippen molar-refractivity contribution in [3.63, 3.8) is 0 Å². The molecule has 1 fully saturated rings. The zero-order valence-electron chi connectivity index (χ0n) is 12.2. The summed E-state index contributed by atoms with van der Waals surface area (Å²) < 4.78 is 16.1. The third-order valence-electron chi connectivity index (χ3n) is 4.38. The summed E-state index contributed by atoms with van der Waals surface area (Å²) in [6, 6.07) is 4.45. The van der Waals surface area contributed by atoms with Gasteiger partial charge in [0.1, 0.15) is 0 Å². The van der Waals surface area contributed by atoms with E-state index in [9.17, 15) is 0 Å². The minimum Gasteiger partial charge on any atom is -0.493 e. The Labute approximate surface area is 119 Å². The molecule has 0 aliphatic heterocycles. The van der Waals surface area contributed by atoms with Crippen LogP contribution < -0.4 is 19.5 Å². The van der Waals surface area contributed by atoms with Crippen LogP contribution in [0.25, 0.3) is 0 Å². The van der Waals surface area contributed by atoms with Gasteiger partial charge in [0.25, 0.3) is 0 Å². The van der Waals surface area contributed by atoms with Crippen LogP contribution in [-0.4, -0.2) is 27.4 Å². The molecule has 0 aromatic heterocycles. The van der Waals surface area contributed by atoms with E-state index in [1.807, 2.05) is 12.1 Å². The van der Waals surface area contributed by atoms with Crippen molar-refractivity contribution in [2.45, 2.75) is 18.9 Å². The number of fused-ring (bicyclic) bond motifs is 1. The van der Waals surface area contributed by atoms with E-state index in [1.54, 1.807) is 21.3 Å². The molecule has 2 aliphatic carbocycles. The number of nitrogens with one attached hydrogen (secondary N) is 1. The maximum absolute atomic E-state index is 5.38. The van der Waals surface area contributed by atoms with Crippen molar-refractivity contribution < 1.29 is 14.2 Å².